The fourth-order valence-electron chi connectivity index (χ4n) is 23.2. The van der Waals surface area contributed by atoms with Gasteiger partial charge in [-0.05, 0) is 345 Å². The number of hydrogen-bond donors (Lipinski definition) is 0. The van der Waals surface area contributed by atoms with E-state index in [9.17, 15) is 0 Å². The standard InChI is InChI=1S/2C50H32.C46H30/c1-4-14-36-29-39(24-21-33(36)11-1)40-27-28-47-48(32-40)49(42-26-23-35-13-3-6-16-38(35)31-42)45-19-9-10-20-46(45)50(47)44-18-8-7-17-43(44)41-25-22-34-12-2-5-15-37(34)30-41;1-3-15-36-30-38(26-24-33(36)12-1)39-28-29-47-48(32-39)49(40-27-25-34-13-2-4-16-37(34)31-40)45-21-9-10-22-46(45)50(47)44-20-8-7-19-43(44)42-23-11-17-35-14-5-6-18-41(35)42;1-2-10-31(11-3-1)34-18-22-35(23-19-34)45-41-16-8-9-17-42(41)46(40-25-21-33-13-5-7-15-37(33)29-40)44-30-39(26-27-43(44)45)38-24-20-32-12-4-6-14-36(32)28-38/h2*1-32H;1-30H. The number of benzene rings is 29. The quantitative estimate of drug-likeness (QED) is 0.107. The molecule has 0 spiro atoms. The molecule has 0 aliphatic carbocycles. The van der Waals surface area contributed by atoms with Crippen molar-refractivity contribution in [3.05, 3.63) is 570 Å². The Balaban J connectivity index is 0.000000109. The molecule has 0 bridgehead atoms. The molecule has 0 N–H and O–H groups in total. The Morgan fingerprint density at radius 2 is 0.267 bits per heavy atom. The van der Waals surface area contributed by atoms with Crippen LogP contribution in [0, 0.1) is 0 Å². The van der Waals surface area contributed by atoms with Crippen LogP contribution in [0.2, 0.25) is 0 Å². The van der Waals surface area contributed by atoms with Gasteiger partial charge in [0.1, 0.15) is 0 Å². The molecule has 146 heavy (non-hydrogen) atoms. The van der Waals surface area contributed by atoms with E-state index in [0.29, 0.717) is 0 Å². The maximum absolute atomic E-state index is 2.43. The lowest BCUT2D eigenvalue weighted by Crippen LogP contribution is -1.94. The van der Waals surface area contributed by atoms with Gasteiger partial charge in [-0.3, -0.25) is 0 Å². The average Bonchev–Trinajstić information content (AvgIpc) is 0.730. The molecule has 0 saturated carbocycles. The lowest BCUT2D eigenvalue weighted by Gasteiger charge is -2.21. The van der Waals surface area contributed by atoms with Gasteiger partial charge in [-0.25, -0.2) is 0 Å². The molecule has 0 saturated heterocycles. The smallest absolute Gasteiger partial charge is 0.00201 e. The summed E-state index contributed by atoms with van der Waals surface area (Å²) in [5, 5.41) is 35.2. The van der Waals surface area contributed by atoms with Gasteiger partial charge >= 0.3 is 0 Å². The van der Waals surface area contributed by atoms with Crippen molar-refractivity contribution in [2.75, 3.05) is 0 Å². The van der Waals surface area contributed by atoms with Gasteiger partial charge < -0.3 is 0 Å². The van der Waals surface area contributed by atoms with Crippen molar-refractivity contribution in [1.82, 2.24) is 0 Å². The van der Waals surface area contributed by atoms with Gasteiger partial charge in [0.15, 0.2) is 0 Å². The van der Waals surface area contributed by atoms with Crippen LogP contribution in [0.3, 0.4) is 0 Å². The van der Waals surface area contributed by atoms with Crippen molar-refractivity contribution in [2.24, 2.45) is 0 Å². The fourth-order valence-corrected chi connectivity index (χ4v) is 23.2. The average molecular weight is 1850 g/mol. The van der Waals surface area contributed by atoms with Crippen molar-refractivity contribution in [1.29, 1.82) is 0 Å². The van der Waals surface area contributed by atoms with Crippen molar-refractivity contribution >= 4 is 151 Å². The predicted molar refractivity (Wildman–Crippen MR) is 630 cm³/mol. The van der Waals surface area contributed by atoms with E-state index in [4.69, 9.17) is 0 Å². The topological polar surface area (TPSA) is 0 Å². The van der Waals surface area contributed by atoms with Crippen LogP contribution in [0.15, 0.2) is 570 Å². The SMILES string of the molecule is c1ccc(-c2c3ccccc3c(-c3ccc4ccccc4c3)c3cc(-c4ccc5ccccc5c4)ccc23)c(-c2ccc3ccccc3c2)c1.c1ccc(-c2c3ccccc3c(-c3ccc4ccccc4c3)c3cc(-c4ccc5ccccc5c4)ccc23)c(-c2cccc3ccccc23)c1.c1ccc(-c2ccc(-c3c4ccccc4c(-c4ccc5ccccc5c4)c4cc(-c5ccc6ccccc6c5)ccc34)cc2)cc1. The molecule has 0 fully saturated rings. The largest absolute Gasteiger partial charge is 0.0622 e. The van der Waals surface area contributed by atoms with Crippen LogP contribution < -0.4 is 0 Å². The molecule has 0 aromatic heterocycles. The fraction of sp³-hybridized carbons (Fsp3) is 0. The third-order valence-electron chi connectivity index (χ3n) is 30.2. The van der Waals surface area contributed by atoms with Crippen LogP contribution in [0.1, 0.15) is 0 Å². The van der Waals surface area contributed by atoms with E-state index >= 15 is 0 Å². The summed E-state index contributed by atoms with van der Waals surface area (Å²) in [6.45, 7) is 0. The van der Waals surface area contributed by atoms with Crippen LogP contribution in [-0.4, -0.2) is 0 Å². The molecular formula is C146H94. The summed E-state index contributed by atoms with van der Waals surface area (Å²) < 4.78 is 0. The Morgan fingerprint density at radius 1 is 0.0685 bits per heavy atom. The van der Waals surface area contributed by atoms with Gasteiger partial charge in [-0.2, -0.15) is 0 Å². The molecule has 0 aliphatic heterocycles. The minimum atomic E-state index is 1.22. The molecular weight excluding hydrogens is 1750 g/mol. The van der Waals surface area contributed by atoms with Crippen LogP contribution in [-0.2, 0) is 0 Å². The first-order chi connectivity index (χ1) is 72.4. The number of rotatable bonds is 12. The second kappa shape index (κ2) is 36.9. The van der Waals surface area contributed by atoms with E-state index in [-0.39, 0.29) is 0 Å². The maximum Gasteiger partial charge on any atom is -0.00201 e. The molecule has 0 heteroatoms. The Morgan fingerprint density at radius 3 is 0.630 bits per heavy atom. The zero-order chi connectivity index (χ0) is 96.5. The normalized spacial score (nSPS) is 11.6. The summed E-state index contributed by atoms with van der Waals surface area (Å²) in [4.78, 5) is 0. The van der Waals surface area contributed by atoms with Gasteiger partial charge in [0.05, 0.1) is 0 Å². The third kappa shape index (κ3) is 15.7. The Labute approximate surface area is 848 Å². The van der Waals surface area contributed by atoms with E-state index < -0.39 is 0 Å². The van der Waals surface area contributed by atoms with Crippen LogP contribution >= 0.6 is 0 Å². The molecule has 678 valence electrons. The lowest BCUT2D eigenvalue weighted by molar-refractivity contribution is 1.61. The number of hydrogen-bond acceptors (Lipinski definition) is 0. The molecule has 0 amide bonds. The second-order valence-corrected chi connectivity index (χ2v) is 38.7. The molecule has 29 aromatic carbocycles. The molecule has 0 radical (unpaired) electrons. The van der Waals surface area contributed by atoms with E-state index in [0.717, 1.165) is 0 Å². The van der Waals surface area contributed by atoms with E-state index in [1.807, 2.05) is 0 Å². The number of fused-ring (bicyclic) bond motifs is 14. The highest BCUT2D eigenvalue weighted by molar-refractivity contribution is 6.27. The highest BCUT2D eigenvalue weighted by Crippen LogP contribution is 2.53. The molecule has 0 aliphatic rings. The van der Waals surface area contributed by atoms with Gasteiger partial charge in [0, 0.05) is 0 Å². The maximum atomic E-state index is 2.43. The summed E-state index contributed by atoms with van der Waals surface area (Å²) in [6, 6.07) is 210. The Bertz CT molecular complexity index is 10300. The Hall–Kier alpha value is -19.0. The second-order valence-electron chi connectivity index (χ2n) is 38.7. The van der Waals surface area contributed by atoms with Crippen LogP contribution in [0.5, 0.6) is 0 Å². The van der Waals surface area contributed by atoms with Crippen LogP contribution in [0.4, 0.5) is 0 Å². The third-order valence-corrected chi connectivity index (χ3v) is 30.2. The van der Waals surface area contributed by atoms with Crippen molar-refractivity contribution in [2.45, 2.75) is 0 Å². The monoisotopic (exact) mass is 1850 g/mol. The van der Waals surface area contributed by atoms with E-state index in [1.165, 1.54) is 284 Å². The van der Waals surface area contributed by atoms with Gasteiger partial charge in [-0.1, -0.05) is 510 Å². The molecule has 29 rings (SSSR count). The van der Waals surface area contributed by atoms with Crippen LogP contribution in [0.25, 0.3) is 284 Å². The van der Waals surface area contributed by atoms with Crippen molar-refractivity contribution in [3.63, 3.8) is 0 Å². The van der Waals surface area contributed by atoms with E-state index in [1.54, 1.807) is 0 Å². The summed E-state index contributed by atoms with van der Waals surface area (Å²) in [7, 11) is 0. The summed E-state index contributed by atoms with van der Waals surface area (Å²) >= 11 is 0. The lowest BCUT2D eigenvalue weighted by atomic mass is 9.82. The first-order valence-electron chi connectivity index (χ1n) is 50.6. The molecule has 29 aromatic rings. The molecule has 0 atom stereocenters. The van der Waals surface area contributed by atoms with E-state index in [2.05, 4.69) is 570 Å². The minimum Gasteiger partial charge on any atom is -0.0622 e. The first kappa shape index (κ1) is 86.1. The molecule has 0 nitrogen and oxygen atoms in total. The Kier molecular flexibility index (Phi) is 21.8. The highest BCUT2D eigenvalue weighted by atomic mass is 14.3. The van der Waals surface area contributed by atoms with Crippen molar-refractivity contribution in [3.8, 4) is 134 Å². The van der Waals surface area contributed by atoms with Gasteiger partial charge in [0.2, 0.25) is 0 Å². The summed E-state index contributed by atoms with van der Waals surface area (Å²) in [6.07, 6.45) is 0. The molecule has 0 heterocycles. The van der Waals surface area contributed by atoms with Gasteiger partial charge in [-0.15, -0.1) is 0 Å². The summed E-state index contributed by atoms with van der Waals surface area (Å²) in [5.41, 5.74) is 29.8. The summed E-state index contributed by atoms with van der Waals surface area (Å²) in [5.74, 6) is 0. The molecule has 0 unspecified atom stereocenters. The zero-order valence-corrected chi connectivity index (χ0v) is 80.3. The predicted octanol–water partition coefficient (Wildman–Crippen LogP) is 41.2. The van der Waals surface area contributed by atoms with Gasteiger partial charge in [0.25, 0.3) is 0 Å². The highest BCUT2D eigenvalue weighted by Gasteiger charge is 2.26. The zero-order valence-electron chi connectivity index (χ0n) is 80.3. The first-order valence-corrected chi connectivity index (χ1v) is 50.6. The minimum absolute atomic E-state index is 1.22. The van der Waals surface area contributed by atoms with Crippen molar-refractivity contribution < 1.29 is 0 Å².